The molecule has 2 saturated heterocycles. The van der Waals surface area contributed by atoms with Crippen LogP contribution in [0.4, 0.5) is 0 Å². The van der Waals surface area contributed by atoms with E-state index < -0.39 is 0 Å². The molecular formula is C13H17BrO5. The Morgan fingerprint density at radius 3 is 3.00 bits per heavy atom. The maximum absolute atomic E-state index is 11.9. The number of alkyl halides is 1. The van der Waals surface area contributed by atoms with Gasteiger partial charge in [0.25, 0.3) is 0 Å². The van der Waals surface area contributed by atoms with Crippen LogP contribution in [0.5, 0.6) is 0 Å². The van der Waals surface area contributed by atoms with Gasteiger partial charge in [-0.05, 0) is 31.6 Å². The summed E-state index contributed by atoms with van der Waals surface area (Å²) in [5.41, 5.74) is -0.338. The Labute approximate surface area is 120 Å². The van der Waals surface area contributed by atoms with Gasteiger partial charge in [0.05, 0.1) is 11.5 Å². The monoisotopic (exact) mass is 332 g/mol. The van der Waals surface area contributed by atoms with Gasteiger partial charge in [-0.2, -0.15) is 0 Å². The summed E-state index contributed by atoms with van der Waals surface area (Å²) in [5.74, 6) is 0.0407. The van der Waals surface area contributed by atoms with Gasteiger partial charge in [0.15, 0.2) is 6.79 Å². The Hall–Kier alpha value is -0.620. The predicted octanol–water partition coefficient (Wildman–Crippen LogP) is 1.77. The second-order valence-electron chi connectivity index (χ2n) is 5.80. The fourth-order valence-corrected chi connectivity index (χ4v) is 3.97. The molecule has 2 saturated carbocycles. The molecule has 4 rings (SSSR count). The van der Waals surface area contributed by atoms with Gasteiger partial charge >= 0.3 is 11.9 Å². The van der Waals surface area contributed by atoms with Gasteiger partial charge in [-0.25, -0.2) is 0 Å². The lowest BCUT2D eigenvalue weighted by molar-refractivity contribution is -0.191. The normalized spacial score (nSPS) is 39.8. The predicted molar refractivity (Wildman–Crippen MR) is 68.5 cm³/mol. The van der Waals surface area contributed by atoms with Crippen molar-refractivity contribution in [3.63, 3.8) is 0 Å². The zero-order valence-corrected chi connectivity index (χ0v) is 12.2. The van der Waals surface area contributed by atoms with E-state index >= 15 is 0 Å². The lowest BCUT2D eigenvalue weighted by Gasteiger charge is -2.45. The average Bonchev–Trinajstić information content (AvgIpc) is 2.52. The highest BCUT2D eigenvalue weighted by atomic mass is 79.9. The van der Waals surface area contributed by atoms with Crippen molar-refractivity contribution < 1.29 is 23.8 Å². The fourth-order valence-electron chi connectivity index (χ4n) is 3.81. The lowest BCUT2D eigenvalue weighted by Crippen LogP contribution is -2.47. The molecule has 0 spiro atoms. The second kappa shape index (κ2) is 5.05. The van der Waals surface area contributed by atoms with Gasteiger partial charge in [-0.15, -0.1) is 0 Å². The van der Waals surface area contributed by atoms with Crippen molar-refractivity contribution in [1.82, 2.24) is 0 Å². The van der Waals surface area contributed by atoms with E-state index in [-0.39, 0.29) is 41.7 Å². The standard InChI is InChI=1S/C13H17BrO5/c14-6-11(15)17-7-18-13-3-8-1-9(4-13)12(16)19-10(2-8)5-13/h8-10H,1-7H2. The van der Waals surface area contributed by atoms with Gasteiger partial charge in [0, 0.05) is 6.42 Å². The number of ether oxygens (including phenoxy) is 3. The third kappa shape index (κ3) is 2.65. The number of hydrogen-bond donors (Lipinski definition) is 0. The first kappa shape index (κ1) is 13.4. The molecule has 0 radical (unpaired) electrons. The third-order valence-corrected chi connectivity index (χ3v) is 4.86. The largest absolute Gasteiger partial charge is 0.462 e. The van der Waals surface area contributed by atoms with E-state index in [2.05, 4.69) is 15.9 Å². The number of carbonyl (C=O) groups excluding carboxylic acids is 2. The molecule has 4 aliphatic rings. The summed E-state index contributed by atoms with van der Waals surface area (Å²) >= 11 is 3.03. The Balaban J connectivity index is 1.67. The highest BCUT2D eigenvalue weighted by Gasteiger charge is 2.53. The van der Waals surface area contributed by atoms with Crippen molar-refractivity contribution >= 4 is 27.9 Å². The summed E-state index contributed by atoms with van der Waals surface area (Å²) in [5, 5.41) is 0.166. The maximum Gasteiger partial charge on any atom is 0.318 e. The Morgan fingerprint density at radius 2 is 2.21 bits per heavy atom. The number of carbonyl (C=O) groups is 2. The number of esters is 2. The molecule has 5 nitrogen and oxygen atoms in total. The van der Waals surface area contributed by atoms with Crippen molar-refractivity contribution in [3.05, 3.63) is 0 Å². The molecule has 0 aromatic rings. The minimum atomic E-state index is -0.338. The number of halogens is 1. The Kier molecular flexibility index (Phi) is 3.55. The smallest absolute Gasteiger partial charge is 0.318 e. The quantitative estimate of drug-likeness (QED) is 0.446. The summed E-state index contributed by atoms with van der Waals surface area (Å²) in [6.45, 7) is -0.0369. The van der Waals surface area contributed by atoms with Crippen molar-refractivity contribution in [3.8, 4) is 0 Å². The summed E-state index contributed by atoms with van der Waals surface area (Å²) in [4.78, 5) is 23.0. The van der Waals surface area contributed by atoms with Crippen LogP contribution in [0.1, 0.15) is 32.1 Å². The van der Waals surface area contributed by atoms with E-state index in [9.17, 15) is 9.59 Å². The minimum absolute atomic E-state index is 0.0226. The van der Waals surface area contributed by atoms with Gasteiger partial charge in [-0.1, -0.05) is 15.9 Å². The average molecular weight is 333 g/mol. The first-order valence-electron chi connectivity index (χ1n) is 6.66. The van der Waals surface area contributed by atoms with Crippen LogP contribution in [-0.4, -0.2) is 35.8 Å². The molecule has 4 unspecified atom stereocenters. The second-order valence-corrected chi connectivity index (χ2v) is 6.36. The highest BCUT2D eigenvalue weighted by Crippen LogP contribution is 2.51. The molecule has 4 atom stereocenters. The summed E-state index contributed by atoms with van der Waals surface area (Å²) in [6, 6.07) is 0. The van der Waals surface area contributed by atoms with Crippen molar-refractivity contribution in [2.24, 2.45) is 11.8 Å². The van der Waals surface area contributed by atoms with Crippen molar-refractivity contribution in [2.45, 2.75) is 43.8 Å². The van der Waals surface area contributed by atoms with E-state index in [4.69, 9.17) is 14.2 Å². The van der Waals surface area contributed by atoms with Crippen LogP contribution in [0.3, 0.4) is 0 Å². The van der Waals surface area contributed by atoms with Gasteiger partial charge in [0.1, 0.15) is 11.4 Å². The van der Waals surface area contributed by atoms with E-state index in [0.717, 1.165) is 25.7 Å². The van der Waals surface area contributed by atoms with Crippen LogP contribution < -0.4 is 0 Å². The van der Waals surface area contributed by atoms with Crippen LogP contribution in [0, 0.1) is 11.8 Å². The van der Waals surface area contributed by atoms with Crippen molar-refractivity contribution in [2.75, 3.05) is 12.1 Å². The molecule has 4 bridgehead atoms. The van der Waals surface area contributed by atoms with Gasteiger partial charge in [0.2, 0.25) is 0 Å². The highest BCUT2D eigenvalue weighted by molar-refractivity contribution is 9.09. The lowest BCUT2D eigenvalue weighted by atomic mass is 9.65. The van der Waals surface area contributed by atoms with E-state index in [1.165, 1.54) is 0 Å². The summed E-state index contributed by atoms with van der Waals surface area (Å²) in [6.07, 6.45) is 4.23. The maximum atomic E-state index is 11.9. The van der Waals surface area contributed by atoms with Crippen LogP contribution >= 0.6 is 15.9 Å². The van der Waals surface area contributed by atoms with E-state index in [0.29, 0.717) is 12.3 Å². The number of rotatable bonds is 4. The van der Waals surface area contributed by atoms with Crippen LogP contribution in [-0.2, 0) is 23.8 Å². The number of hydrogen-bond acceptors (Lipinski definition) is 5. The molecule has 4 fully saturated rings. The van der Waals surface area contributed by atoms with Gasteiger partial charge < -0.3 is 14.2 Å². The fraction of sp³-hybridized carbons (Fsp3) is 0.846. The zero-order valence-electron chi connectivity index (χ0n) is 10.6. The topological polar surface area (TPSA) is 61.8 Å². The molecule has 2 aliphatic heterocycles. The molecule has 6 heteroatoms. The summed E-state index contributed by atoms with van der Waals surface area (Å²) in [7, 11) is 0. The van der Waals surface area contributed by atoms with Crippen molar-refractivity contribution in [1.29, 1.82) is 0 Å². The molecule has 0 amide bonds. The number of fused-ring (bicyclic) bond motifs is 1. The molecule has 19 heavy (non-hydrogen) atoms. The van der Waals surface area contributed by atoms with Crippen LogP contribution in [0.15, 0.2) is 0 Å². The Morgan fingerprint density at radius 1 is 1.37 bits per heavy atom. The Bertz CT molecular complexity index is 398. The first-order valence-corrected chi connectivity index (χ1v) is 7.78. The molecule has 2 heterocycles. The van der Waals surface area contributed by atoms with Crippen LogP contribution in [0.2, 0.25) is 0 Å². The molecule has 0 aromatic heterocycles. The van der Waals surface area contributed by atoms with E-state index in [1.54, 1.807) is 0 Å². The van der Waals surface area contributed by atoms with Gasteiger partial charge in [-0.3, -0.25) is 9.59 Å². The van der Waals surface area contributed by atoms with Crippen LogP contribution in [0.25, 0.3) is 0 Å². The summed E-state index contributed by atoms with van der Waals surface area (Å²) < 4.78 is 16.3. The molecular weight excluding hydrogens is 316 g/mol. The molecule has 106 valence electrons. The van der Waals surface area contributed by atoms with E-state index in [1.807, 2.05) is 0 Å². The zero-order chi connectivity index (χ0) is 13.5. The molecule has 0 aromatic carbocycles. The third-order valence-electron chi connectivity index (χ3n) is 4.40. The SMILES string of the molecule is O=C(CBr)OCOC12CC3CC(C1)OC(=O)C(C3)C2. The minimum Gasteiger partial charge on any atom is -0.462 e. The first-order chi connectivity index (χ1) is 9.10. The molecule has 0 N–H and O–H groups in total. The molecule has 2 aliphatic carbocycles.